The fourth-order valence-electron chi connectivity index (χ4n) is 1.92. The van der Waals surface area contributed by atoms with Gasteiger partial charge in [-0.25, -0.2) is 4.39 Å². The summed E-state index contributed by atoms with van der Waals surface area (Å²) in [7, 11) is 0. The van der Waals surface area contributed by atoms with Crippen molar-refractivity contribution in [3.8, 4) is 0 Å². The van der Waals surface area contributed by atoms with Crippen molar-refractivity contribution in [3.63, 3.8) is 0 Å². The maximum Gasteiger partial charge on any atom is 0.352 e. The lowest BCUT2D eigenvalue weighted by Crippen LogP contribution is -2.57. The second kappa shape index (κ2) is 4.40. The van der Waals surface area contributed by atoms with Crippen LogP contribution in [-0.4, -0.2) is 16.8 Å². The molecule has 6 heteroatoms. The van der Waals surface area contributed by atoms with Crippen molar-refractivity contribution in [2.24, 2.45) is 0 Å². The molecule has 1 aliphatic carbocycles. The van der Waals surface area contributed by atoms with Crippen LogP contribution in [0, 0.1) is 0 Å². The van der Waals surface area contributed by atoms with Crippen LogP contribution in [0.3, 0.4) is 0 Å². The molecule has 1 aromatic rings. The molecule has 0 spiro atoms. The fourth-order valence-corrected chi connectivity index (χ4v) is 3.11. The third-order valence-electron chi connectivity index (χ3n) is 2.94. The fraction of sp³-hybridized carbons (Fsp3) is 0.500. The summed E-state index contributed by atoms with van der Waals surface area (Å²) in [6.45, 7) is 0. The second-order valence-corrected chi connectivity index (χ2v) is 5.60. The molecule has 1 fully saturated rings. The van der Waals surface area contributed by atoms with E-state index in [2.05, 4.69) is 0 Å². The highest BCUT2D eigenvalue weighted by Crippen LogP contribution is 2.59. The molecule has 100 valence electrons. The molecular formula is C12H11F5S. The lowest BCUT2D eigenvalue weighted by molar-refractivity contribution is -0.267. The Kier molecular flexibility index (Phi) is 3.34. The van der Waals surface area contributed by atoms with Gasteiger partial charge in [0.2, 0.25) is 5.00 Å². The van der Waals surface area contributed by atoms with Crippen LogP contribution in [-0.2, 0) is 0 Å². The monoisotopic (exact) mass is 282 g/mol. The standard InChI is InChI=1S/C12H11F5S/c13-10(14)7-4-8-11(15,12(10,16)17)18-9-5-2-1-3-6-9/h1-3,5-6H,4,7-8H2. The lowest BCUT2D eigenvalue weighted by Gasteiger charge is -2.41. The molecular weight excluding hydrogens is 271 g/mol. The van der Waals surface area contributed by atoms with Crippen molar-refractivity contribution in [1.29, 1.82) is 0 Å². The highest BCUT2D eigenvalue weighted by Gasteiger charge is 2.72. The minimum absolute atomic E-state index is 0.179. The van der Waals surface area contributed by atoms with Crippen molar-refractivity contribution in [3.05, 3.63) is 30.3 Å². The average molecular weight is 282 g/mol. The van der Waals surface area contributed by atoms with E-state index in [1.807, 2.05) is 0 Å². The first-order chi connectivity index (χ1) is 8.29. The average Bonchev–Trinajstić information content (AvgIpc) is 2.28. The molecule has 1 atom stereocenters. The highest BCUT2D eigenvalue weighted by molar-refractivity contribution is 8.00. The predicted octanol–water partition coefficient (Wildman–Crippen LogP) is 4.90. The zero-order valence-corrected chi connectivity index (χ0v) is 10.1. The molecule has 2 rings (SSSR count). The molecule has 0 heterocycles. The van der Waals surface area contributed by atoms with Crippen LogP contribution in [0.2, 0.25) is 0 Å². The molecule has 1 aromatic carbocycles. The summed E-state index contributed by atoms with van der Waals surface area (Å²) in [4.78, 5) is 0.220. The lowest BCUT2D eigenvalue weighted by atomic mass is 9.90. The number of alkyl halides is 5. The van der Waals surface area contributed by atoms with Crippen molar-refractivity contribution >= 4 is 11.8 Å². The van der Waals surface area contributed by atoms with Crippen LogP contribution in [0.1, 0.15) is 19.3 Å². The van der Waals surface area contributed by atoms with Crippen LogP contribution in [0.4, 0.5) is 22.0 Å². The topological polar surface area (TPSA) is 0 Å². The number of rotatable bonds is 2. The number of hydrogen-bond acceptors (Lipinski definition) is 1. The van der Waals surface area contributed by atoms with Gasteiger partial charge in [-0.05, 0) is 25.0 Å². The van der Waals surface area contributed by atoms with E-state index in [4.69, 9.17) is 0 Å². The normalized spacial score (nSPS) is 30.1. The van der Waals surface area contributed by atoms with Crippen LogP contribution in [0.15, 0.2) is 35.2 Å². The molecule has 0 nitrogen and oxygen atoms in total. The zero-order valence-electron chi connectivity index (χ0n) is 9.31. The first-order valence-corrected chi connectivity index (χ1v) is 6.29. The maximum atomic E-state index is 14.3. The Labute approximate surface area is 106 Å². The molecule has 0 aliphatic heterocycles. The molecule has 18 heavy (non-hydrogen) atoms. The SMILES string of the molecule is FC1(F)CCCC(F)(Sc2ccccc2)C1(F)F. The molecule has 1 saturated carbocycles. The van der Waals surface area contributed by atoms with Gasteiger partial charge in [0.05, 0.1) is 0 Å². The Morgan fingerprint density at radius 3 is 2.11 bits per heavy atom. The van der Waals surface area contributed by atoms with Gasteiger partial charge in [0, 0.05) is 11.3 Å². The van der Waals surface area contributed by atoms with Gasteiger partial charge in [0.1, 0.15) is 0 Å². The van der Waals surface area contributed by atoms with E-state index < -0.39 is 29.7 Å². The summed E-state index contributed by atoms with van der Waals surface area (Å²) in [5, 5.41) is -3.25. The Bertz CT molecular complexity index is 420. The van der Waals surface area contributed by atoms with Crippen molar-refractivity contribution in [2.45, 2.75) is 41.0 Å². The summed E-state index contributed by atoms with van der Waals surface area (Å²) in [5.74, 6) is -8.94. The maximum absolute atomic E-state index is 14.3. The Morgan fingerprint density at radius 1 is 0.889 bits per heavy atom. The zero-order chi connectivity index (χ0) is 13.4. The van der Waals surface area contributed by atoms with E-state index in [1.54, 1.807) is 18.2 Å². The number of thioether (sulfide) groups is 1. The summed E-state index contributed by atoms with van der Waals surface area (Å²) < 4.78 is 67.8. The third-order valence-corrected chi connectivity index (χ3v) is 4.23. The third kappa shape index (κ3) is 2.11. The van der Waals surface area contributed by atoms with Gasteiger partial charge in [0.25, 0.3) is 0 Å². The van der Waals surface area contributed by atoms with Gasteiger partial charge in [-0.15, -0.1) is 0 Å². The summed E-state index contributed by atoms with van der Waals surface area (Å²) >= 11 is 0.179. The molecule has 1 aliphatic rings. The molecule has 0 saturated heterocycles. The quantitative estimate of drug-likeness (QED) is 0.695. The van der Waals surface area contributed by atoms with E-state index >= 15 is 0 Å². The Hall–Kier alpha value is -0.780. The summed E-state index contributed by atoms with van der Waals surface area (Å²) in [5.41, 5.74) is 0. The van der Waals surface area contributed by atoms with Crippen LogP contribution < -0.4 is 0 Å². The van der Waals surface area contributed by atoms with E-state index in [0.717, 1.165) is 0 Å². The van der Waals surface area contributed by atoms with Crippen LogP contribution >= 0.6 is 11.8 Å². The smallest absolute Gasteiger partial charge is 0.225 e. The first kappa shape index (κ1) is 13.6. The molecule has 0 aromatic heterocycles. The van der Waals surface area contributed by atoms with Crippen molar-refractivity contribution < 1.29 is 22.0 Å². The molecule has 0 radical (unpaired) electrons. The second-order valence-electron chi connectivity index (χ2n) is 4.28. The van der Waals surface area contributed by atoms with Gasteiger partial charge >= 0.3 is 11.8 Å². The Morgan fingerprint density at radius 2 is 1.50 bits per heavy atom. The molecule has 1 unspecified atom stereocenters. The van der Waals surface area contributed by atoms with Crippen LogP contribution in [0.25, 0.3) is 0 Å². The molecule has 0 bridgehead atoms. The summed E-state index contributed by atoms with van der Waals surface area (Å²) in [6.07, 6.45) is -1.80. The van der Waals surface area contributed by atoms with Crippen molar-refractivity contribution in [1.82, 2.24) is 0 Å². The number of halogens is 5. The summed E-state index contributed by atoms with van der Waals surface area (Å²) in [6, 6.07) is 7.59. The van der Waals surface area contributed by atoms with Gasteiger partial charge < -0.3 is 0 Å². The van der Waals surface area contributed by atoms with Gasteiger partial charge in [-0.3, -0.25) is 0 Å². The van der Waals surface area contributed by atoms with Gasteiger partial charge in [0.15, 0.2) is 0 Å². The first-order valence-electron chi connectivity index (χ1n) is 5.47. The van der Waals surface area contributed by atoms with E-state index in [-0.39, 0.29) is 23.1 Å². The van der Waals surface area contributed by atoms with Gasteiger partial charge in [-0.2, -0.15) is 17.6 Å². The highest BCUT2D eigenvalue weighted by atomic mass is 32.2. The minimum atomic E-state index is -4.65. The largest absolute Gasteiger partial charge is 0.352 e. The van der Waals surface area contributed by atoms with E-state index in [1.165, 1.54) is 12.1 Å². The minimum Gasteiger partial charge on any atom is -0.225 e. The van der Waals surface area contributed by atoms with Crippen LogP contribution in [0.5, 0.6) is 0 Å². The molecule has 0 N–H and O–H groups in total. The number of benzene rings is 1. The van der Waals surface area contributed by atoms with E-state index in [0.29, 0.717) is 0 Å². The number of hydrogen-bond donors (Lipinski definition) is 0. The molecule has 0 amide bonds. The van der Waals surface area contributed by atoms with Gasteiger partial charge in [-0.1, -0.05) is 30.0 Å². The van der Waals surface area contributed by atoms with E-state index in [9.17, 15) is 22.0 Å². The van der Waals surface area contributed by atoms with Crippen molar-refractivity contribution in [2.75, 3.05) is 0 Å². The Balaban J connectivity index is 2.29. The predicted molar refractivity (Wildman–Crippen MR) is 59.9 cm³/mol.